The first-order valence-corrected chi connectivity index (χ1v) is 9.01. The second-order valence-corrected chi connectivity index (χ2v) is 6.74. The van der Waals surface area contributed by atoms with Gasteiger partial charge in [0.25, 0.3) is 0 Å². The molecule has 6 nitrogen and oxygen atoms in total. The van der Waals surface area contributed by atoms with Gasteiger partial charge in [0.2, 0.25) is 0 Å². The molecule has 3 N–H and O–H groups in total. The Morgan fingerprint density at radius 3 is 2.89 bits per heavy atom. The number of nitrogens with one attached hydrogen (secondary N) is 2. The summed E-state index contributed by atoms with van der Waals surface area (Å²) < 4.78 is 5.93. The number of hydrazone groups is 1. The number of furan rings is 1. The smallest absolute Gasteiger partial charge is 0.307 e. The molecule has 0 amide bonds. The molecule has 27 heavy (non-hydrogen) atoms. The van der Waals surface area contributed by atoms with E-state index >= 15 is 0 Å². The number of carboxylic acids is 1. The summed E-state index contributed by atoms with van der Waals surface area (Å²) in [6.45, 7) is 1.20. The Morgan fingerprint density at radius 1 is 1.15 bits per heavy atom. The van der Waals surface area contributed by atoms with Crippen LogP contribution in [-0.2, 0) is 4.79 Å². The Kier molecular flexibility index (Phi) is 4.89. The van der Waals surface area contributed by atoms with E-state index in [9.17, 15) is 4.79 Å². The minimum atomic E-state index is -0.774. The summed E-state index contributed by atoms with van der Waals surface area (Å²) >= 11 is 0. The largest absolute Gasteiger partial charge is 0.481 e. The molecule has 1 aliphatic rings. The lowest BCUT2D eigenvalue weighted by molar-refractivity contribution is -0.142. The van der Waals surface area contributed by atoms with E-state index in [-0.39, 0.29) is 12.0 Å². The van der Waals surface area contributed by atoms with Gasteiger partial charge in [-0.2, -0.15) is 5.10 Å². The van der Waals surface area contributed by atoms with Crippen molar-refractivity contribution in [2.24, 2.45) is 11.0 Å². The van der Waals surface area contributed by atoms with Crippen LogP contribution in [0.25, 0.3) is 22.1 Å². The van der Waals surface area contributed by atoms with Crippen LogP contribution in [0.2, 0.25) is 0 Å². The van der Waals surface area contributed by atoms with E-state index in [0.29, 0.717) is 25.3 Å². The lowest BCUT2D eigenvalue weighted by Crippen LogP contribution is -2.47. The first-order valence-electron chi connectivity index (χ1n) is 9.01. The fraction of sp³-hybridized carbons (Fsp3) is 0.238. The molecule has 1 aliphatic heterocycles. The second kappa shape index (κ2) is 7.63. The van der Waals surface area contributed by atoms with Gasteiger partial charge in [0.05, 0.1) is 18.2 Å². The van der Waals surface area contributed by atoms with Gasteiger partial charge in [-0.25, -0.2) is 0 Å². The Bertz CT molecular complexity index is 974. The molecule has 1 aromatic heterocycles. The fourth-order valence-corrected chi connectivity index (χ4v) is 3.44. The molecule has 4 rings (SSSR count). The van der Waals surface area contributed by atoms with E-state index in [1.165, 1.54) is 5.39 Å². The van der Waals surface area contributed by atoms with E-state index in [1.54, 1.807) is 6.21 Å². The third-order valence-corrected chi connectivity index (χ3v) is 4.83. The topological polar surface area (TPSA) is 86.9 Å². The number of hydrogen-bond donors (Lipinski definition) is 3. The minimum Gasteiger partial charge on any atom is -0.481 e. The molecule has 1 fully saturated rings. The molecule has 6 heteroatoms. The van der Waals surface area contributed by atoms with Crippen LogP contribution >= 0.6 is 0 Å². The quantitative estimate of drug-likeness (QED) is 0.479. The van der Waals surface area contributed by atoms with Gasteiger partial charge in [0, 0.05) is 18.7 Å². The van der Waals surface area contributed by atoms with E-state index in [0.717, 1.165) is 16.7 Å². The van der Waals surface area contributed by atoms with Crippen molar-refractivity contribution in [3.8, 4) is 11.3 Å². The maximum absolute atomic E-state index is 11.1. The van der Waals surface area contributed by atoms with E-state index in [1.807, 2.05) is 36.4 Å². The van der Waals surface area contributed by atoms with Crippen LogP contribution in [-0.4, -0.2) is 36.4 Å². The van der Waals surface area contributed by atoms with E-state index in [4.69, 9.17) is 9.52 Å². The van der Waals surface area contributed by atoms with Gasteiger partial charge in [-0.05, 0) is 29.3 Å². The van der Waals surface area contributed by atoms with Gasteiger partial charge in [-0.3, -0.25) is 4.79 Å². The third kappa shape index (κ3) is 3.85. The summed E-state index contributed by atoms with van der Waals surface area (Å²) in [5.74, 6) is 0.277. The van der Waals surface area contributed by atoms with Gasteiger partial charge in [0.15, 0.2) is 0 Å². The summed E-state index contributed by atoms with van der Waals surface area (Å²) in [7, 11) is 0. The van der Waals surface area contributed by atoms with Gasteiger partial charge in [0.1, 0.15) is 11.5 Å². The molecule has 138 valence electrons. The fourth-order valence-electron chi connectivity index (χ4n) is 3.44. The number of aliphatic carboxylic acids is 1. The SMILES string of the molecule is O=C(O)[C@H]1CNC[C@@H](N/N=C/c2ccc(-c3cccc4ccccc34)o2)C1. The zero-order valence-corrected chi connectivity index (χ0v) is 14.8. The highest BCUT2D eigenvalue weighted by Crippen LogP contribution is 2.29. The average molecular weight is 363 g/mol. The summed E-state index contributed by atoms with van der Waals surface area (Å²) in [5, 5.41) is 18.8. The number of carboxylic acid groups (broad SMARTS) is 1. The van der Waals surface area contributed by atoms with Crippen molar-refractivity contribution in [3.63, 3.8) is 0 Å². The summed E-state index contributed by atoms with van der Waals surface area (Å²) in [4.78, 5) is 11.1. The number of piperidine rings is 1. The Hall–Kier alpha value is -3.12. The predicted octanol–water partition coefficient (Wildman–Crippen LogP) is 3.09. The zero-order valence-electron chi connectivity index (χ0n) is 14.8. The van der Waals surface area contributed by atoms with Crippen LogP contribution in [0.1, 0.15) is 12.2 Å². The Morgan fingerprint density at radius 2 is 2.00 bits per heavy atom. The van der Waals surface area contributed by atoms with Gasteiger partial charge >= 0.3 is 5.97 Å². The summed E-state index contributed by atoms with van der Waals surface area (Å²) in [6.07, 6.45) is 2.18. The van der Waals surface area contributed by atoms with Crippen LogP contribution in [0.5, 0.6) is 0 Å². The Labute approximate surface area is 156 Å². The van der Waals surface area contributed by atoms with Crippen molar-refractivity contribution >= 4 is 23.0 Å². The molecule has 0 spiro atoms. The normalized spacial score (nSPS) is 20.1. The van der Waals surface area contributed by atoms with E-state index < -0.39 is 5.97 Å². The van der Waals surface area contributed by atoms with Crippen LogP contribution in [0, 0.1) is 5.92 Å². The van der Waals surface area contributed by atoms with Crippen LogP contribution in [0.15, 0.2) is 64.1 Å². The molecule has 2 aromatic carbocycles. The minimum absolute atomic E-state index is 0.0106. The highest BCUT2D eigenvalue weighted by atomic mass is 16.4. The number of carbonyl (C=O) groups is 1. The van der Waals surface area contributed by atoms with Crippen LogP contribution in [0.3, 0.4) is 0 Å². The maximum atomic E-state index is 11.1. The van der Waals surface area contributed by atoms with Gasteiger partial charge in [-0.15, -0.1) is 0 Å². The number of rotatable bonds is 5. The number of fused-ring (bicyclic) bond motifs is 1. The number of hydrogen-bond acceptors (Lipinski definition) is 5. The zero-order chi connectivity index (χ0) is 18.6. The first-order chi connectivity index (χ1) is 13.2. The van der Waals surface area contributed by atoms with Crippen LogP contribution < -0.4 is 10.7 Å². The molecule has 0 unspecified atom stereocenters. The van der Waals surface area contributed by atoms with Gasteiger partial charge < -0.3 is 20.3 Å². The lowest BCUT2D eigenvalue weighted by atomic mass is 9.96. The molecule has 0 radical (unpaired) electrons. The standard InChI is InChI=1S/C21H21N3O3/c25-21(26)15-10-16(12-22-11-15)24-23-13-17-8-9-20(27-17)19-7-3-5-14-4-1-2-6-18(14)19/h1-9,13,15-16,22,24H,10-12H2,(H,25,26)/b23-13+/t15-,16+/m1/s1. The molecule has 0 bridgehead atoms. The average Bonchev–Trinajstić information content (AvgIpc) is 3.16. The second-order valence-electron chi connectivity index (χ2n) is 6.74. The monoisotopic (exact) mass is 363 g/mol. The molecule has 3 aromatic rings. The van der Waals surface area contributed by atoms with Crippen molar-refractivity contribution in [1.29, 1.82) is 0 Å². The Balaban J connectivity index is 1.45. The highest BCUT2D eigenvalue weighted by Gasteiger charge is 2.26. The molecular weight excluding hydrogens is 342 g/mol. The molecular formula is C21H21N3O3. The summed E-state index contributed by atoms with van der Waals surface area (Å²) in [6, 6.07) is 18.1. The summed E-state index contributed by atoms with van der Waals surface area (Å²) in [5.41, 5.74) is 4.06. The van der Waals surface area contributed by atoms with Crippen molar-refractivity contribution in [1.82, 2.24) is 10.7 Å². The highest BCUT2D eigenvalue weighted by molar-refractivity contribution is 5.95. The van der Waals surface area contributed by atoms with Crippen molar-refractivity contribution < 1.29 is 14.3 Å². The maximum Gasteiger partial charge on any atom is 0.307 e. The molecule has 0 aliphatic carbocycles. The molecule has 0 saturated carbocycles. The van der Waals surface area contributed by atoms with Crippen molar-refractivity contribution in [2.45, 2.75) is 12.5 Å². The van der Waals surface area contributed by atoms with Crippen molar-refractivity contribution in [2.75, 3.05) is 13.1 Å². The van der Waals surface area contributed by atoms with Gasteiger partial charge in [-0.1, -0.05) is 42.5 Å². The predicted molar refractivity (Wildman–Crippen MR) is 105 cm³/mol. The molecule has 2 heterocycles. The number of nitrogens with zero attached hydrogens (tertiary/aromatic N) is 1. The lowest BCUT2D eigenvalue weighted by Gasteiger charge is -2.26. The third-order valence-electron chi connectivity index (χ3n) is 4.83. The van der Waals surface area contributed by atoms with E-state index in [2.05, 4.69) is 34.0 Å². The number of benzene rings is 2. The molecule has 2 atom stereocenters. The molecule has 1 saturated heterocycles. The van der Waals surface area contributed by atoms with Crippen LogP contribution in [0.4, 0.5) is 0 Å². The first kappa shape index (κ1) is 17.3. The van der Waals surface area contributed by atoms with Crippen molar-refractivity contribution in [3.05, 3.63) is 60.4 Å².